The summed E-state index contributed by atoms with van der Waals surface area (Å²) in [6.07, 6.45) is 4.12. The van der Waals surface area contributed by atoms with Crippen molar-refractivity contribution in [2.45, 2.75) is 11.2 Å². The van der Waals surface area contributed by atoms with Gasteiger partial charge >= 0.3 is 0 Å². The molecule has 0 spiro atoms. The largest absolute Gasteiger partial charge is 0.376 e. The fourth-order valence-corrected chi connectivity index (χ4v) is 7.07. The summed E-state index contributed by atoms with van der Waals surface area (Å²) in [5.74, 6) is 0. The first kappa shape index (κ1) is 26.4. The molecule has 6 aromatic rings. The molecule has 0 aromatic heterocycles. The Kier molecular flexibility index (Phi) is 6.09. The van der Waals surface area contributed by atoms with Crippen LogP contribution in [0.5, 0.6) is 0 Å². The van der Waals surface area contributed by atoms with Crippen LogP contribution in [0.15, 0.2) is 169 Å². The Hall–Kier alpha value is -5.28. The minimum Gasteiger partial charge on any atom is -0.376 e. The van der Waals surface area contributed by atoms with E-state index in [0.29, 0.717) is 11.1 Å². The van der Waals surface area contributed by atoms with Gasteiger partial charge in [-0.05, 0) is 68.3 Å². The second-order valence-corrected chi connectivity index (χ2v) is 11.6. The van der Waals surface area contributed by atoms with Crippen LogP contribution in [0.25, 0.3) is 34.4 Å². The van der Waals surface area contributed by atoms with Crippen molar-refractivity contribution in [1.29, 1.82) is 0 Å². The molecule has 6 aromatic carbocycles. The predicted molar refractivity (Wildman–Crippen MR) is 179 cm³/mol. The van der Waals surface area contributed by atoms with Gasteiger partial charge in [-0.3, -0.25) is 0 Å². The SMILES string of the molecule is OC1(c2ccccc2)C2=Cc3ccccc3C(O)(c3ccc(-c4ccccc4)cc3-c3ccccc3)C2=Cc2ccccc21. The van der Waals surface area contributed by atoms with Crippen LogP contribution in [0.2, 0.25) is 0 Å². The van der Waals surface area contributed by atoms with Crippen LogP contribution >= 0.6 is 0 Å². The molecule has 8 rings (SSSR count). The summed E-state index contributed by atoms with van der Waals surface area (Å²) in [6, 6.07) is 52.6. The first-order valence-corrected chi connectivity index (χ1v) is 15.0. The minimum absolute atomic E-state index is 0.672. The number of rotatable bonds is 4. The van der Waals surface area contributed by atoms with Crippen molar-refractivity contribution in [3.63, 3.8) is 0 Å². The Morgan fingerprint density at radius 3 is 1.45 bits per heavy atom. The van der Waals surface area contributed by atoms with Gasteiger partial charge in [-0.1, -0.05) is 152 Å². The molecule has 44 heavy (non-hydrogen) atoms. The maximum absolute atomic E-state index is 13.5. The summed E-state index contributed by atoms with van der Waals surface area (Å²) in [4.78, 5) is 0. The third-order valence-corrected chi connectivity index (χ3v) is 9.16. The first-order chi connectivity index (χ1) is 21.6. The van der Waals surface area contributed by atoms with E-state index >= 15 is 0 Å². The van der Waals surface area contributed by atoms with E-state index < -0.39 is 11.2 Å². The van der Waals surface area contributed by atoms with E-state index in [1.165, 1.54) is 0 Å². The molecule has 0 amide bonds. The first-order valence-electron chi connectivity index (χ1n) is 15.0. The molecule has 0 saturated carbocycles. The summed E-state index contributed by atoms with van der Waals surface area (Å²) < 4.78 is 0. The van der Waals surface area contributed by atoms with Crippen LogP contribution in [-0.2, 0) is 11.2 Å². The highest BCUT2D eigenvalue weighted by Crippen LogP contribution is 2.57. The van der Waals surface area contributed by atoms with Crippen LogP contribution in [0, 0.1) is 0 Å². The molecule has 2 N–H and O–H groups in total. The number of hydrogen-bond acceptors (Lipinski definition) is 2. The highest BCUT2D eigenvalue weighted by atomic mass is 16.3. The molecule has 0 saturated heterocycles. The maximum Gasteiger partial charge on any atom is 0.142 e. The van der Waals surface area contributed by atoms with Crippen molar-refractivity contribution in [2.75, 3.05) is 0 Å². The summed E-state index contributed by atoms with van der Waals surface area (Å²) in [5.41, 5.74) is 7.31. The number of aliphatic hydroxyl groups is 2. The van der Waals surface area contributed by atoms with Crippen molar-refractivity contribution in [3.8, 4) is 22.3 Å². The van der Waals surface area contributed by atoms with Crippen molar-refractivity contribution < 1.29 is 10.2 Å². The normalized spacial score (nSPS) is 20.0. The van der Waals surface area contributed by atoms with Gasteiger partial charge in [0.15, 0.2) is 0 Å². The zero-order valence-electron chi connectivity index (χ0n) is 24.1. The molecule has 0 aliphatic heterocycles. The fraction of sp³-hybridized carbons (Fsp3) is 0.0476. The topological polar surface area (TPSA) is 40.5 Å². The number of hydrogen-bond donors (Lipinski definition) is 2. The van der Waals surface area contributed by atoms with E-state index in [1.54, 1.807) is 0 Å². The van der Waals surface area contributed by atoms with Crippen molar-refractivity contribution in [3.05, 3.63) is 202 Å². The molecular weight excluding hydrogens is 536 g/mol. The molecule has 2 aliphatic carbocycles. The Bertz CT molecular complexity index is 2080. The van der Waals surface area contributed by atoms with E-state index in [9.17, 15) is 10.2 Å². The summed E-state index contributed by atoms with van der Waals surface area (Å²) in [6.45, 7) is 0. The highest BCUT2D eigenvalue weighted by molar-refractivity contribution is 5.88. The van der Waals surface area contributed by atoms with Crippen molar-refractivity contribution >= 4 is 12.2 Å². The Morgan fingerprint density at radius 2 is 0.841 bits per heavy atom. The number of benzene rings is 6. The van der Waals surface area contributed by atoms with Crippen LogP contribution < -0.4 is 0 Å². The zero-order chi connectivity index (χ0) is 29.7. The smallest absolute Gasteiger partial charge is 0.142 e. The maximum atomic E-state index is 13.5. The van der Waals surface area contributed by atoms with Gasteiger partial charge in [-0.25, -0.2) is 0 Å². The molecule has 2 atom stereocenters. The third kappa shape index (κ3) is 3.89. The highest BCUT2D eigenvalue weighted by Gasteiger charge is 2.51. The fourth-order valence-electron chi connectivity index (χ4n) is 7.07. The van der Waals surface area contributed by atoms with Gasteiger partial charge in [-0.2, -0.15) is 0 Å². The van der Waals surface area contributed by atoms with Gasteiger partial charge in [0, 0.05) is 16.7 Å². The lowest BCUT2D eigenvalue weighted by atomic mass is 9.61. The van der Waals surface area contributed by atoms with E-state index in [0.717, 1.165) is 55.6 Å². The van der Waals surface area contributed by atoms with Gasteiger partial charge in [0.1, 0.15) is 11.2 Å². The quantitative estimate of drug-likeness (QED) is 0.224. The monoisotopic (exact) mass is 566 g/mol. The lowest BCUT2D eigenvalue weighted by Gasteiger charge is -2.46. The molecule has 2 aliphatic rings. The molecule has 2 unspecified atom stereocenters. The molecule has 2 heteroatoms. The van der Waals surface area contributed by atoms with Crippen molar-refractivity contribution in [1.82, 2.24) is 0 Å². The predicted octanol–water partition coefficient (Wildman–Crippen LogP) is 8.99. The van der Waals surface area contributed by atoms with Gasteiger partial charge < -0.3 is 10.2 Å². The van der Waals surface area contributed by atoms with E-state index in [1.807, 2.05) is 115 Å². The summed E-state index contributed by atoms with van der Waals surface area (Å²) >= 11 is 0. The van der Waals surface area contributed by atoms with Gasteiger partial charge in [-0.15, -0.1) is 0 Å². The average molecular weight is 567 g/mol. The van der Waals surface area contributed by atoms with Crippen LogP contribution in [0.4, 0.5) is 0 Å². The van der Waals surface area contributed by atoms with E-state index in [-0.39, 0.29) is 0 Å². The number of fused-ring (bicyclic) bond motifs is 3. The van der Waals surface area contributed by atoms with Gasteiger partial charge in [0.05, 0.1) is 0 Å². The zero-order valence-corrected chi connectivity index (χ0v) is 24.1. The standard InChI is InChI=1S/C42H30O2/c43-41(34-20-8-3-9-21-34)36-22-12-10-18-32(36)28-40-39(41)27-33-19-11-13-23-37(33)42(40,44)38-25-24-31(29-14-4-1-5-15-29)26-35(38)30-16-6-2-7-17-30/h1-28,43-44H. The van der Waals surface area contributed by atoms with Crippen LogP contribution in [0.3, 0.4) is 0 Å². The minimum atomic E-state index is -1.56. The molecule has 0 fully saturated rings. The van der Waals surface area contributed by atoms with Crippen LogP contribution in [-0.4, -0.2) is 10.2 Å². The van der Waals surface area contributed by atoms with E-state index in [2.05, 4.69) is 54.6 Å². The molecule has 2 nitrogen and oxygen atoms in total. The molecule has 0 radical (unpaired) electrons. The average Bonchev–Trinajstić information content (AvgIpc) is 3.10. The lowest BCUT2D eigenvalue weighted by Crippen LogP contribution is -2.43. The lowest BCUT2D eigenvalue weighted by molar-refractivity contribution is 0.0914. The Morgan fingerprint density at radius 1 is 0.364 bits per heavy atom. The van der Waals surface area contributed by atoms with Gasteiger partial charge in [0.25, 0.3) is 0 Å². The second kappa shape index (κ2) is 10.2. The van der Waals surface area contributed by atoms with Crippen LogP contribution in [0.1, 0.15) is 33.4 Å². The molecule has 210 valence electrons. The Labute approximate surface area is 257 Å². The summed E-state index contributed by atoms with van der Waals surface area (Å²) in [5, 5.41) is 26.4. The molecule has 0 heterocycles. The van der Waals surface area contributed by atoms with Gasteiger partial charge in [0.2, 0.25) is 0 Å². The molecular formula is C42H30O2. The third-order valence-electron chi connectivity index (χ3n) is 9.16. The molecule has 0 bridgehead atoms. The second-order valence-electron chi connectivity index (χ2n) is 11.6. The van der Waals surface area contributed by atoms with E-state index in [4.69, 9.17) is 0 Å². The Balaban J connectivity index is 1.46. The van der Waals surface area contributed by atoms with Crippen molar-refractivity contribution in [2.24, 2.45) is 0 Å². The summed E-state index contributed by atoms with van der Waals surface area (Å²) in [7, 11) is 0.